The first-order valence-corrected chi connectivity index (χ1v) is 6.49. The van der Waals surface area contributed by atoms with Crippen LogP contribution in [-0.4, -0.2) is 21.3 Å². The Hall–Kier alpha value is -3.30. The molecular formula is C14H9F3N4O3. The lowest BCUT2D eigenvalue weighted by atomic mass is 10.3. The van der Waals surface area contributed by atoms with Gasteiger partial charge in [-0.15, -0.1) is 13.2 Å². The highest BCUT2D eigenvalue weighted by Gasteiger charge is 2.32. The van der Waals surface area contributed by atoms with Gasteiger partial charge in [-0.25, -0.2) is 9.97 Å². The first-order chi connectivity index (χ1) is 11.3. The van der Waals surface area contributed by atoms with E-state index in [2.05, 4.69) is 19.7 Å². The van der Waals surface area contributed by atoms with Crippen LogP contribution in [0.4, 0.5) is 18.9 Å². The molecule has 124 valence electrons. The van der Waals surface area contributed by atoms with E-state index in [-0.39, 0.29) is 28.4 Å². The second-order valence-electron chi connectivity index (χ2n) is 4.61. The largest absolute Gasteiger partial charge is 0.573 e. The first kappa shape index (κ1) is 15.6. The van der Waals surface area contributed by atoms with E-state index in [4.69, 9.17) is 10.5 Å². The van der Waals surface area contributed by atoms with E-state index in [1.54, 1.807) is 0 Å². The SMILES string of the molecule is Nc1ccc(Oc2ccnc3[nH]c(=O)cnc23)c(OC(F)(F)F)c1. The number of pyridine rings is 1. The monoisotopic (exact) mass is 338 g/mol. The maximum absolute atomic E-state index is 12.5. The van der Waals surface area contributed by atoms with Gasteiger partial charge in [-0.05, 0) is 12.1 Å². The fraction of sp³-hybridized carbons (Fsp3) is 0.0714. The number of nitrogens with one attached hydrogen (secondary N) is 1. The van der Waals surface area contributed by atoms with Crippen molar-refractivity contribution in [2.45, 2.75) is 6.36 Å². The first-order valence-electron chi connectivity index (χ1n) is 6.49. The Labute approximate surface area is 131 Å². The number of aromatic amines is 1. The molecule has 7 nitrogen and oxygen atoms in total. The van der Waals surface area contributed by atoms with E-state index in [1.807, 2.05) is 0 Å². The van der Waals surface area contributed by atoms with Crippen molar-refractivity contribution < 1.29 is 22.6 Å². The summed E-state index contributed by atoms with van der Waals surface area (Å²) >= 11 is 0. The standard InChI is InChI=1S/C14H9F3N4O3/c15-14(16,17)24-10-5-7(18)1-2-8(10)23-9-3-4-19-13-12(9)20-6-11(22)21-13/h1-6H,18H2,(H,19,21,22). The number of alkyl halides is 3. The molecule has 0 aliphatic rings. The molecule has 0 bridgehead atoms. The number of hydrogen-bond acceptors (Lipinski definition) is 6. The number of nitrogens with zero attached hydrogens (tertiary/aromatic N) is 2. The number of fused-ring (bicyclic) bond motifs is 1. The molecule has 3 aromatic rings. The van der Waals surface area contributed by atoms with Crippen LogP contribution in [0.3, 0.4) is 0 Å². The third kappa shape index (κ3) is 3.37. The Morgan fingerprint density at radius 2 is 1.88 bits per heavy atom. The number of nitrogens with two attached hydrogens (primary N) is 1. The number of ether oxygens (including phenoxy) is 2. The van der Waals surface area contributed by atoms with Crippen molar-refractivity contribution in [3.8, 4) is 17.2 Å². The molecule has 0 saturated heterocycles. The van der Waals surface area contributed by atoms with Crippen LogP contribution in [0.2, 0.25) is 0 Å². The average molecular weight is 338 g/mol. The van der Waals surface area contributed by atoms with Crippen molar-refractivity contribution in [1.29, 1.82) is 0 Å². The van der Waals surface area contributed by atoms with Crippen molar-refractivity contribution >= 4 is 16.9 Å². The molecule has 0 amide bonds. The van der Waals surface area contributed by atoms with Gasteiger partial charge in [-0.1, -0.05) is 0 Å². The zero-order valence-electron chi connectivity index (χ0n) is 11.8. The van der Waals surface area contributed by atoms with Crippen LogP contribution < -0.4 is 20.8 Å². The highest BCUT2D eigenvalue weighted by atomic mass is 19.4. The quantitative estimate of drug-likeness (QED) is 0.712. The fourth-order valence-corrected chi connectivity index (χ4v) is 1.94. The fourth-order valence-electron chi connectivity index (χ4n) is 1.94. The molecule has 1 aromatic carbocycles. The molecule has 2 heterocycles. The number of rotatable bonds is 3. The van der Waals surface area contributed by atoms with Gasteiger partial charge in [0, 0.05) is 24.0 Å². The van der Waals surface area contributed by atoms with Gasteiger partial charge >= 0.3 is 6.36 Å². The molecule has 0 aliphatic heterocycles. The summed E-state index contributed by atoms with van der Waals surface area (Å²) in [6, 6.07) is 4.97. The molecule has 0 atom stereocenters. The van der Waals surface area contributed by atoms with Gasteiger partial charge in [0.05, 0.1) is 6.20 Å². The van der Waals surface area contributed by atoms with Crippen molar-refractivity contribution in [3.63, 3.8) is 0 Å². The minimum Gasteiger partial charge on any atom is -0.451 e. The number of halogens is 3. The Balaban J connectivity index is 2.04. The van der Waals surface area contributed by atoms with Gasteiger partial charge < -0.3 is 20.2 Å². The number of nitrogen functional groups attached to an aromatic ring is 1. The number of aromatic nitrogens is 3. The predicted octanol–water partition coefficient (Wildman–Crippen LogP) is 2.59. The minimum atomic E-state index is -4.91. The van der Waals surface area contributed by atoms with E-state index >= 15 is 0 Å². The van der Waals surface area contributed by atoms with E-state index < -0.39 is 17.7 Å². The molecule has 24 heavy (non-hydrogen) atoms. The van der Waals surface area contributed by atoms with Crippen LogP contribution in [0.15, 0.2) is 41.5 Å². The van der Waals surface area contributed by atoms with Gasteiger partial charge in [-0.3, -0.25) is 4.79 Å². The Morgan fingerprint density at radius 1 is 1.08 bits per heavy atom. The average Bonchev–Trinajstić information content (AvgIpc) is 2.48. The zero-order chi connectivity index (χ0) is 17.3. The van der Waals surface area contributed by atoms with Gasteiger partial charge in [0.15, 0.2) is 22.9 Å². The summed E-state index contributed by atoms with van der Waals surface area (Å²) in [7, 11) is 0. The minimum absolute atomic E-state index is 0.0728. The molecule has 0 saturated carbocycles. The molecule has 0 radical (unpaired) electrons. The summed E-state index contributed by atoms with van der Waals surface area (Å²) in [5.41, 5.74) is 5.39. The molecular weight excluding hydrogens is 329 g/mol. The molecule has 3 N–H and O–H groups in total. The normalized spacial score (nSPS) is 11.5. The van der Waals surface area contributed by atoms with E-state index in [0.29, 0.717) is 0 Å². The number of benzene rings is 1. The van der Waals surface area contributed by atoms with Crippen LogP contribution in [0, 0.1) is 0 Å². The maximum atomic E-state index is 12.5. The topological polar surface area (TPSA) is 103 Å². The lowest BCUT2D eigenvalue weighted by Crippen LogP contribution is -2.17. The third-order valence-corrected chi connectivity index (χ3v) is 2.85. The molecule has 2 aromatic heterocycles. The molecule has 0 aliphatic carbocycles. The van der Waals surface area contributed by atoms with Crippen molar-refractivity contribution in [3.05, 3.63) is 47.0 Å². The summed E-state index contributed by atoms with van der Waals surface area (Å²) in [5, 5.41) is 0. The smallest absolute Gasteiger partial charge is 0.451 e. The summed E-state index contributed by atoms with van der Waals surface area (Å²) < 4.78 is 46.9. The van der Waals surface area contributed by atoms with Gasteiger partial charge in [-0.2, -0.15) is 0 Å². The summed E-state index contributed by atoms with van der Waals surface area (Å²) in [6.07, 6.45) is -2.58. The summed E-state index contributed by atoms with van der Waals surface area (Å²) in [4.78, 5) is 21.5. The molecule has 10 heteroatoms. The van der Waals surface area contributed by atoms with Gasteiger partial charge in [0.25, 0.3) is 5.56 Å². The summed E-state index contributed by atoms with van der Waals surface area (Å²) in [6.45, 7) is 0. The van der Waals surface area contributed by atoms with Crippen molar-refractivity contribution in [2.24, 2.45) is 0 Å². The lowest BCUT2D eigenvalue weighted by molar-refractivity contribution is -0.275. The number of H-pyrrole nitrogens is 1. The second kappa shape index (κ2) is 5.72. The van der Waals surface area contributed by atoms with Crippen LogP contribution in [-0.2, 0) is 0 Å². The molecule has 3 rings (SSSR count). The van der Waals surface area contributed by atoms with Gasteiger partial charge in [0.1, 0.15) is 5.52 Å². The molecule has 0 unspecified atom stereocenters. The molecule has 0 spiro atoms. The van der Waals surface area contributed by atoms with E-state index in [0.717, 1.165) is 12.3 Å². The third-order valence-electron chi connectivity index (χ3n) is 2.85. The Kier molecular flexibility index (Phi) is 3.72. The maximum Gasteiger partial charge on any atom is 0.573 e. The lowest BCUT2D eigenvalue weighted by Gasteiger charge is -2.14. The van der Waals surface area contributed by atoms with E-state index in [9.17, 15) is 18.0 Å². The number of hydrogen-bond donors (Lipinski definition) is 2. The van der Waals surface area contributed by atoms with Gasteiger partial charge in [0.2, 0.25) is 0 Å². The Bertz CT molecular complexity index is 956. The number of anilines is 1. The van der Waals surface area contributed by atoms with Crippen LogP contribution in [0.25, 0.3) is 11.2 Å². The van der Waals surface area contributed by atoms with E-state index in [1.165, 1.54) is 24.4 Å². The second-order valence-corrected chi connectivity index (χ2v) is 4.61. The predicted molar refractivity (Wildman–Crippen MR) is 77.8 cm³/mol. The Morgan fingerprint density at radius 3 is 2.62 bits per heavy atom. The van der Waals surface area contributed by atoms with Crippen LogP contribution in [0.5, 0.6) is 17.2 Å². The summed E-state index contributed by atoms with van der Waals surface area (Å²) in [5.74, 6) is -0.730. The van der Waals surface area contributed by atoms with Crippen LogP contribution in [0.1, 0.15) is 0 Å². The van der Waals surface area contributed by atoms with Crippen LogP contribution >= 0.6 is 0 Å². The zero-order valence-corrected chi connectivity index (χ0v) is 11.8. The van der Waals surface area contributed by atoms with Crippen molar-refractivity contribution in [1.82, 2.24) is 15.0 Å². The highest BCUT2D eigenvalue weighted by molar-refractivity contribution is 5.77. The highest BCUT2D eigenvalue weighted by Crippen LogP contribution is 2.37. The van der Waals surface area contributed by atoms with Crippen molar-refractivity contribution in [2.75, 3.05) is 5.73 Å². The molecule has 0 fully saturated rings.